The molecule has 0 aliphatic heterocycles. The molecule has 0 fully saturated rings. The fraction of sp³-hybridized carbons (Fsp3) is 0.167. The van der Waals surface area contributed by atoms with Crippen LogP contribution >= 0.6 is 0 Å². The molecule has 2 rings (SSSR count). The van der Waals surface area contributed by atoms with Gasteiger partial charge in [-0.2, -0.15) is 5.26 Å². The van der Waals surface area contributed by atoms with Crippen LogP contribution in [-0.2, 0) is 4.79 Å². The molecule has 1 heterocycles. The van der Waals surface area contributed by atoms with Gasteiger partial charge in [0.15, 0.2) is 0 Å². The number of pyridine rings is 1. The number of carbonyl (C=O) groups excluding carboxylic acids is 1. The maximum absolute atomic E-state index is 12.2. The topological polar surface area (TPSA) is 77.8 Å². The minimum absolute atomic E-state index is 0.0192. The lowest BCUT2D eigenvalue weighted by molar-refractivity contribution is -0.112. The van der Waals surface area contributed by atoms with Gasteiger partial charge in [0.1, 0.15) is 17.5 Å². The van der Waals surface area contributed by atoms with E-state index in [1.165, 1.54) is 6.20 Å². The van der Waals surface area contributed by atoms with Crippen molar-refractivity contribution in [2.24, 2.45) is 0 Å². The molecule has 1 aromatic heterocycles. The van der Waals surface area contributed by atoms with Gasteiger partial charge in [0.2, 0.25) is 0 Å². The molecule has 0 atom stereocenters. The van der Waals surface area contributed by atoms with Gasteiger partial charge in [-0.3, -0.25) is 4.79 Å². The molecule has 1 aromatic carbocycles. The number of rotatable bonds is 4. The molecule has 1 amide bonds. The van der Waals surface area contributed by atoms with Gasteiger partial charge in [-0.1, -0.05) is 12.1 Å². The van der Waals surface area contributed by atoms with Gasteiger partial charge in [-0.15, -0.1) is 0 Å². The maximum atomic E-state index is 12.2. The summed E-state index contributed by atoms with van der Waals surface area (Å²) in [6.07, 6.45) is 3.02. The molecule has 5 heteroatoms. The molecule has 0 radical (unpaired) electrons. The third kappa shape index (κ3) is 4.17. The molecule has 0 saturated carbocycles. The lowest BCUT2D eigenvalue weighted by Gasteiger charge is -2.10. The van der Waals surface area contributed by atoms with Crippen LogP contribution in [0.15, 0.2) is 48.3 Å². The molecular weight excluding hydrogens is 288 g/mol. The quantitative estimate of drug-likeness (QED) is 0.670. The van der Waals surface area contributed by atoms with Crippen molar-refractivity contribution >= 4 is 17.4 Å². The highest BCUT2D eigenvalue weighted by Gasteiger charge is 2.11. The van der Waals surface area contributed by atoms with Crippen LogP contribution in [0.25, 0.3) is 0 Å². The summed E-state index contributed by atoms with van der Waals surface area (Å²) in [4.78, 5) is 16.4. The number of hydrogen-bond donors (Lipinski definition) is 2. The van der Waals surface area contributed by atoms with Gasteiger partial charge in [0.05, 0.1) is 0 Å². The fourth-order valence-corrected chi connectivity index (χ4v) is 1.99. The number of hydrogen-bond acceptors (Lipinski definition) is 4. The summed E-state index contributed by atoms with van der Waals surface area (Å²) in [6, 6.07) is 11.2. The van der Waals surface area contributed by atoms with E-state index in [4.69, 9.17) is 0 Å². The molecule has 2 aromatic rings. The number of nitriles is 1. The second-order valence-corrected chi connectivity index (χ2v) is 5.23. The molecule has 0 spiro atoms. The zero-order valence-corrected chi connectivity index (χ0v) is 13.3. The molecule has 0 aliphatic rings. The SMILES string of the molecule is Cc1ccnc(N/C=C(/C#N)C(=O)Nc2cccc(C)c2C)c1. The Bertz CT molecular complexity index is 803. The second kappa shape index (κ2) is 7.23. The van der Waals surface area contributed by atoms with E-state index in [-0.39, 0.29) is 5.57 Å². The Labute approximate surface area is 135 Å². The number of amides is 1. The standard InChI is InChI=1S/C18H18N4O/c1-12-7-8-20-17(9-12)21-11-15(10-19)18(23)22-16-6-4-5-13(2)14(16)3/h4-9,11H,1-3H3,(H,20,21)(H,22,23)/b15-11-. The monoisotopic (exact) mass is 306 g/mol. The van der Waals surface area contributed by atoms with E-state index in [9.17, 15) is 10.1 Å². The highest BCUT2D eigenvalue weighted by molar-refractivity contribution is 6.07. The van der Waals surface area contributed by atoms with Gasteiger partial charge in [0, 0.05) is 18.1 Å². The number of aromatic nitrogens is 1. The van der Waals surface area contributed by atoms with Crippen LogP contribution in [0.1, 0.15) is 16.7 Å². The van der Waals surface area contributed by atoms with Crippen LogP contribution in [-0.4, -0.2) is 10.9 Å². The van der Waals surface area contributed by atoms with Crippen molar-refractivity contribution < 1.29 is 4.79 Å². The van der Waals surface area contributed by atoms with E-state index in [2.05, 4.69) is 15.6 Å². The summed E-state index contributed by atoms with van der Waals surface area (Å²) in [6.45, 7) is 5.83. The predicted octanol–water partition coefficient (Wildman–Crippen LogP) is 3.46. The van der Waals surface area contributed by atoms with Gasteiger partial charge in [0.25, 0.3) is 5.91 Å². The van der Waals surface area contributed by atoms with E-state index in [1.807, 2.05) is 57.2 Å². The van der Waals surface area contributed by atoms with E-state index in [1.54, 1.807) is 6.20 Å². The van der Waals surface area contributed by atoms with Crippen molar-refractivity contribution in [3.8, 4) is 6.07 Å². The lowest BCUT2D eigenvalue weighted by atomic mass is 10.1. The van der Waals surface area contributed by atoms with Crippen LogP contribution in [0.2, 0.25) is 0 Å². The van der Waals surface area contributed by atoms with Gasteiger partial charge < -0.3 is 10.6 Å². The molecule has 0 unspecified atom stereocenters. The van der Waals surface area contributed by atoms with Crippen LogP contribution in [0.3, 0.4) is 0 Å². The Balaban J connectivity index is 2.14. The summed E-state index contributed by atoms with van der Waals surface area (Å²) in [5.74, 6) is 0.124. The summed E-state index contributed by atoms with van der Waals surface area (Å²) in [7, 11) is 0. The first-order valence-corrected chi connectivity index (χ1v) is 7.18. The number of benzene rings is 1. The van der Waals surface area contributed by atoms with Crippen molar-refractivity contribution in [3.05, 3.63) is 65.0 Å². The Morgan fingerprint density at radius 1 is 1.26 bits per heavy atom. The second-order valence-electron chi connectivity index (χ2n) is 5.23. The van der Waals surface area contributed by atoms with E-state index in [0.717, 1.165) is 16.7 Å². The van der Waals surface area contributed by atoms with Gasteiger partial charge in [-0.05, 0) is 55.7 Å². The Hall–Kier alpha value is -3.13. The number of carbonyl (C=O) groups is 1. The van der Waals surface area contributed by atoms with Crippen LogP contribution in [0.5, 0.6) is 0 Å². The first-order valence-electron chi connectivity index (χ1n) is 7.18. The minimum Gasteiger partial charge on any atom is -0.345 e. The highest BCUT2D eigenvalue weighted by atomic mass is 16.1. The smallest absolute Gasteiger partial charge is 0.267 e. The summed E-state index contributed by atoms with van der Waals surface area (Å²) in [5.41, 5.74) is 3.77. The lowest BCUT2D eigenvalue weighted by Crippen LogP contribution is -2.15. The molecule has 0 aliphatic carbocycles. The average Bonchev–Trinajstić information content (AvgIpc) is 2.52. The first-order chi connectivity index (χ1) is 11.0. The Morgan fingerprint density at radius 2 is 2.04 bits per heavy atom. The summed E-state index contributed by atoms with van der Waals surface area (Å²) < 4.78 is 0. The molecule has 23 heavy (non-hydrogen) atoms. The van der Waals surface area contributed by atoms with Crippen molar-refractivity contribution in [2.45, 2.75) is 20.8 Å². The predicted molar refractivity (Wildman–Crippen MR) is 90.8 cm³/mol. The van der Waals surface area contributed by atoms with E-state index < -0.39 is 5.91 Å². The molecule has 5 nitrogen and oxygen atoms in total. The normalized spacial score (nSPS) is 10.8. The van der Waals surface area contributed by atoms with E-state index in [0.29, 0.717) is 11.5 Å². The summed E-state index contributed by atoms with van der Waals surface area (Å²) >= 11 is 0. The fourth-order valence-electron chi connectivity index (χ4n) is 1.99. The van der Waals surface area contributed by atoms with Crippen LogP contribution in [0, 0.1) is 32.1 Å². The zero-order chi connectivity index (χ0) is 16.8. The van der Waals surface area contributed by atoms with Crippen molar-refractivity contribution in [3.63, 3.8) is 0 Å². The van der Waals surface area contributed by atoms with Crippen molar-refractivity contribution in [2.75, 3.05) is 10.6 Å². The molecule has 116 valence electrons. The van der Waals surface area contributed by atoms with Crippen LogP contribution < -0.4 is 10.6 Å². The largest absolute Gasteiger partial charge is 0.345 e. The van der Waals surface area contributed by atoms with Gasteiger partial charge >= 0.3 is 0 Å². The van der Waals surface area contributed by atoms with Crippen molar-refractivity contribution in [1.82, 2.24) is 4.98 Å². The maximum Gasteiger partial charge on any atom is 0.267 e. The molecular formula is C18H18N4O. The molecule has 0 saturated heterocycles. The zero-order valence-electron chi connectivity index (χ0n) is 13.3. The Kier molecular flexibility index (Phi) is 5.11. The number of nitrogens with one attached hydrogen (secondary N) is 2. The minimum atomic E-state index is -0.457. The third-order valence-corrected chi connectivity index (χ3v) is 3.50. The average molecular weight is 306 g/mol. The van der Waals surface area contributed by atoms with Gasteiger partial charge in [-0.25, -0.2) is 4.98 Å². The van der Waals surface area contributed by atoms with E-state index >= 15 is 0 Å². The first kappa shape index (κ1) is 16.2. The van der Waals surface area contributed by atoms with Crippen molar-refractivity contribution in [1.29, 1.82) is 5.26 Å². The molecule has 2 N–H and O–H groups in total. The number of aryl methyl sites for hydroxylation is 2. The number of nitrogens with zero attached hydrogens (tertiary/aromatic N) is 2. The molecule has 0 bridgehead atoms. The summed E-state index contributed by atoms with van der Waals surface area (Å²) in [5, 5.41) is 14.8. The third-order valence-electron chi connectivity index (χ3n) is 3.50. The van der Waals surface area contributed by atoms with Crippen LogP contribution in [0.4, 0.5) is 11.5 Å². The highest BCUT2D eigenvalue weighted by Crippen LogP contribution is 2.18. The number of anilines is 2. The Morgan fingerprint density at radius 3 is 2.74 bits per heavy atom.